The van der Waals surface area contributed by atoms with Crippen LogP contribution >= 0.6 is 15.9 Å². The number of carbonyl (C=O) groups is 1. The number of benzene rings is 1. The first-order valence-corrected chi connectivity index (χ1v) is 6.96. The molecule has 1 N–H and O–H groups in total. The third kappa shape index (κ3) is 6.17. The van der Waals surface area contributed by atoms with Crippen molar-refractivity contribution in [1.29, 1.82) is 0 Å². The minimum Gasteiger partial charge on any atom is -0.355 e. The van der Waals surface area contributed by atoms with Gasteiger partial charge in [-0.15, -0.1) is 0 Å². The van der Waals surface area contributed by atoms with Crippen LogP contribution in [0.25, 0.3) is 0 Å². The summed E-state index contributed by atoms with van der Waals surface area (Å²) in [4.78, 5) is 13.7. The van der Waals surface area contributed by atoms with E-state index in [-0.39, 0.29) is 5.91 Å². The summed E-state index contributed by atoms with van der Waals surface area (Å²) in [7, 11) is 1.96. The first-order chi connectivity index (χ1) is 8.47. The van der Waals surface area contributed by atoms with Gasteiger partial charge in [0.2, 0.25) is 5.91 Å². The van der Waals surface area contributed by atoms with Crippen LogP contribution in [0.3, 0.4) is 0 Å². The quantitative estimate of drug-likeness (QED) is 0.876. The molecule has 0 aromatic heterocycles. The number of amides is 1. The molecule has 0 heterocycles. The van der Waals surface area contributed by atoms with Crippen LogP contribution in [0.15, 0.2) is 28.7 Å². The van der Waals surface area contributed by atoms with Gasteiger partial charge in [0, 0.05) is 17.6 Å². The van der Waals surface area contributed by atoms with Gasteiger partial charge in [-0.3, -0.25) is 9.69 Å². The van der Waals surface area contributed by atoms with E-state index in [1.807, 2.05) is 24.1 Å². The van der Waals surface area contributed by atoms with Crippen LogP contribution in [-0.4, -0.2) is 30.9 Å². The van der Waals surface area contributed by atoms with Crippen LogP contribution < -0.4 is 5.32 Å². The Kier molecular flexibility index (Phi) is 6.36. The molecule has 1 rings (SSSR count). The van der Waals surface area contributed by atoms with Crippen molar-refractivity contribution in [3.8, 4) is 0 Å². The number of rotatable bonds is 6. The van der Waals surface area contributed by atoms with E-state index in [1.165, 1.54) is 5.56 Å². The van der Waals surface area contributed by atoms with Gasteiger partial charge < -0.3 is 5.32 Å². The monoisotopic (exact) mass is 312 g/mol. The van der Waals surface area contributed by atoms with Gasteiger partial charge in [0.15, 0.2) is 0 Å². The van der Waals surface area contributed by atoms with E-state index in [2.05, 4.69) is 47.2 Å². The number of carbonyl (C=O) groups excluding carboxylic acids is 1. The Hall–Kier alpha value is -0.870. The maximum atomic E-state index is 11.6. The van der Waals surface area contributed by atoms with Gasteiger partial charge in [0.25, 0.3) is 0 Å². The third-order valence-corrected chi connectivity index (χ3v) is 3.02. The summed E-state index contributed by atoms with van der Waals surface area (Å²) in [6.45, 7) is 6.13. The first-order valence-electron chi connectivity index (χ1n) is 6.17. The van der Waals surface area contributed by atoms with Gasteiger partial charge in [-0.05, 0) is 30.7 Å². The highest BCUT2D eigenvalue weighted by atomic mass is 79.9. The zero-order chi connectivity index (χ0) is 13.5. The summed E-state index contributed by atoms with van der Waals surface area (Å²) in [5.41, 5.74) is 1.21. The molecule has 1 aromatic carbocycles. The van der Waals surface area contributed by atoms with Crippen molar-refractivity contribution in [3.05, 3.63) is 34.3 Å². The van der Waals surface area contributed by atoms with Crippen molar-refractivity contribution in [2.24, 2.45) is 5.92 Å². The number of nitrogens with zero attached hydrogens (tertiary/aromatic N) is 1. The maximum absolute atomic E-state index is 11.6. The van der Waals surface area contributed by atoms with Crippen molar-refractivity contribution in [3.63, 3.8) is 0 Å². The van der Waals surface area contributed by atoms with Crippen molar-refractivity contribution in [2.75, 3.05) is 20.1 Å². The normalized spacial score (nSPS) is 11.0. The highest BCUT2D eigenvalue weighted by Gasteiger charge is 2.07. The molecule has 0 saturated carbocycles. The number of likely N-dealkylation sites (N-methyl/N-ethyl adjacent to an activating group) is 1. The molecule has 1 aromatic rings. The predicted octanol–water partition coefficient (Wildman–Crippen LogP) is 2.65. The molecule has 0 unspecified atom stereocenters. The van der Waals surface area contributed by atoms with Gasteiger partial charge >= 0.3 is 0 Å². The van der Waals surface area contributed by atoms with Crippen molar-refractivity contribution in [1.82, 2.24) is 10.2 Å². The Bertz CT molecular complexity index is 376. The molecule has 0 aliphatic carbocycles. The SMILES string of the molecule is CC(C)CNC(=O)CN(C)Cc1ccc(Br)cc1. The predicted molar refractivity (Wildman–Crippen MR) is 78.3 cm³/mol. The zero-order valence-electron chi connectivity index (χ0n) is 11.2. The van der Waals surface area contributed by atoms with Crippen LogP contribution in [0.5, 0.6) is 0 Å². The van der Waals surface area contributed by atoms with Crippen molar-refractivity contribution < 1.29 is 4.79 Å². The fourth-order valence-electron chi connectivity index (χ4n) is 1.58. The number of halogens is 1. The molecule has 0 spiro atoms. The van der Waals surface area contributed by atoms with Gasteiger partial charge in [0.05, 0.1) is 6.54 Å². The van der Waals surface area contributed by atoms with E-state index in [4.69, 9.17) is 0 Å². The zero-order valence-corrected chi connectivity index (χ0v) is 12.8. The van der Waals surface area contributed by atoms with Gasteiger partial charge in [-0.2, -0.15) is 0 Å². The molecule has 0 aliphatic rings. The van der Waals surface area contributed by atoms with E-state index in [1.54, 1.807) is 0 Å². The summed E-state index contributed by atoms with van der Waals surface area (Å²) >= 11 is 3.41. The van der Waals surface area contributed by atoms with Gasteiger partial charge in [-0.1, -0.05) is 41.9 Å². The van der Waals surface area contributed by atoms with E-state index in [0.717, 1.165) is 17.6 Å². The van der Waals surface area contributed by atoms with Gasteiger partial charge in [-0.25, -0.2) is 0 Å². The third-order valence-electron chi connectivity index (χ3n) is 2.49. The Morgan fingerprint density at radius 1 is 1.33 bits per heavy atom. The minimum atomic E-state index is 0.0864. The first kappa shape index (κ1) is 15.2. The second-order valence-electron chi connectivity index (χ2n) is 5.00. The number of hydrogen-bond donors (Lipinski definition) is 1. The number of nitrogens with one attached hydrogen (secondary N) is 1. The summed E-state index contributed by atoms with van der Waals surface area (Å²) in [5.74, 6) is 0.578. The fraction of sp³-hybridized carbons (Fsp3) is 0.500. The van der Waals surface area contributed by atoms with E-state index < -0.39 is 0 Å². The topological polar surface area (TPSA) is 32.3 Å². The summed E-state index contributed by atoms with van der Waals surface area (Å²) in [6, 6.07) is 8.16. The smallest absolute Gasteiger partial charge is 0.234 e. The molecule has 18 heavy (non-hydrogen) atoms. The molecule has 0 fully saturated rings. The average molecular weight is 313 g/mol. The van der Waals surface area contributed by atoms with E-state index in [0.29, 0.717) is 12.5 Å². The fourth-order valence-corrected chi connectivity index (χ4v) is 1.84. The second kappa shape index (κ2) is 7.54. The van der Waals surface area contributed by atoms with Crippen LogP contribution in [0.1, 0.15) is 19.4 Å². The van der Waals surface area contributed by atoms with Crippen LogP contribution in [0.2, 0.25) is 0 Å². The lowest BCUT2D eigenvalue weighted by molar-refractivity contribution is -0.122. The number of hydrogen-bond acceptors (Lipinski definition) is 2. The standard InChI is InChI=1S/C14H21BrN2O/c1-11(2)8-16-14(18)10-17(3)9-12-4-6-13(15)7-5-12/h4-7,11H,8-10H2,1-3H3,(H,16,18). The molecule has 1 amide bonds. The average Bonchev–Trinajstić information content (AvgIpc) is 2.29. The lowest BCUT2D eigenvalue weighted by atomic mass is 10.2. The highest BCUT2D eigenvalue weighted by Crippen LogP contribution is 2.11. The second-order valence-corrected chi connectivity index (χ2v) is 5.91. The lowest BCUT2D eigenvalue weighted by Gasteiger charge is -2.17. The Labute approximate surface area is 118 Å². The van der Waals surface area contributed by atoms with Crippen molar-refractivity contribution in [2.45, 2.75) is 20.4 Å². The molecule has 0 atom stereocenters. The van der Waals surface area contributed by atoms with Gasteiger partial charge in [0.1, 0.15) is 0 Å². The van der Waals surface area contributed by atoms with Crippen LogP contribution in [0.4, 0.5) is 0 Å². The lowest BCUT2D eigenvalue weighted by Crippen LogP contribution is -2.36. The summed E-state index contributed by atoms with van der Waals surface area (Å²) < 4.78 is 1.07. The molecule has 3 nitrogen and oxygen atoms in total. The highest BCUT2D eigenvalue weighted by molar-refractivity contribution is 9.10. The Balaban J connectivity index is 2.34. The minimum absolute atomic E-state index is 0.0864. The Morgan fingerprint density at radius 2 is 1.94 bits per heavy atom. The largest absolute Gasteiger partial charge is 0.355 e. The maximum Gasteiger partial charge on any atom is 0.234 e. The summed E-state index contributed by atoms with van der Waals surface area (Å²) in [6.07, 6.45) is 0. The van der Waals surface area contributed by atoms with E-state index >= 15 is 0 Å². The van der Waals surface area contributed by atoms with Crippen LogP contribution in [0, 0.1) is 5.92 Å². The molecular formula is C14H21BrN2O. The van der Waals surface area contributed by atoms with Crippen molar-refractivity contribution >= 4 is 21.8 Å². The van der Waals surface area contributed by atoms with E-state index in [9.17, 15) is 4.79 Å². The Morgan fingerprint density at radius 3 is 2.50 bits per heavy atom. The van der Waals surface area contributed by atoms with Crippen LogP contribution in [-0.2, 0) is 11.3 Å². The molecule has 4 heteroatoms. The molecule has 0 radical (unpaired) electrons. The summed E-state index contributed by atoms with van der Waals surface area (Å²) in [5, 5.41) is 2.92. The molecule has 0 saturated heterocycles. The molecule has 0 aliphatic heterocycles. The molecule has 0 bridgehead atoms. The molecule has 100 valence electrons. The molecular weight excluding hydrogens is 292 g/mol.